The van der Waals surface area contributed by atoms with Crippen LogP contribution in [0.4, 0.5) is 0 Å². The van der Waals surface area contributed by atoms with Gasteiger partial charge in [0, 0.05) is 58.1 Å². The van der Waals surface area contributed by atoms with Crippen molar-refractivity contribution in [2.45, 2.75) is 50.9 Å². The molecule has 2 aromatic rings. The van der Waals surface area contributed by atoms with Gasteiger partial charge >= 0.3 is 0 Å². The van der Waals surface area contributed by atoms with Gasteiger partial charge < -0.3 is 10.6 Å². The number of aliphatic imine (C=N–C) groups is 1. The minimum Gasteiger partial charge on any atom is -0.355 e. The molecule has 2 aliphatic rings. The van der Waals surface area contributed by atoms with Crippen LogP contribution in [-0.2, 0) is 13.1 Å². The Balaban J connectivity index is 0.00000289. The summed E-state index contributed by atoms with van der Waals surface area (Å²) in [6.07, 6.45) is 6.68. The first-order valence-electron chi connectivity index (χ1n) is 11.7. The van der Waals surface area contributed by atoms with E-state index >= 15 is 0 Å². The van der Waals surface area contributed by atoms with Crippen LogP contribution in [0, 0.1) is 0 Å². The first kappa shape index (κ1) is 24.9. The molecule has 0 saturated carbocycles. The van der Waals surface area contributed by atoms with Crippen LogP contribution in [0.3, 0.4) is 0 Å². The third-order valence-electron chi connectivity index (χ3n) is 6.50. The normalized spacial score (nSPS) is 20.7. The van der Waals surface area contributed by atoms with E-state index in [2.05, 4.69) is 72.9 Å². The minimum atomic E-state index is 0. The Kier molecular flexibility index (Phi) is 10.2. The topological polar surface area (TPSA) is 55.8 Å². The predicted molar refractivity (Wildman–Crippen MR) is 142 cm³/mol. The average molecular weight is 549 g/mol. The molecule has 174 valence electrons. The third-order valence-corrected chi connectivity index (χ3v) is 6.50. The van der Waals surface area contributed by atoms with Crippen molar-refractivity contribution in [3.63, 3.8) is 0 Å². The largest absolute Gasteiger partial charge is 0.355 e. The number of piperidine rings is 1. The monoisotopic (exact) mass is 548 g/mol. The molecule has 1 unspecified atom stereocenters. The number of halogens is 1. The Hall–Kier alpha value is -1.71. The van der Waals surface area contributed by atoms with E-state index < -0.39 is 0 Å². The molecule has 4 rings (SSSR count). The highest BCUT2D eigenvalue weighted by molar-refractivity contribution is 14.0. The number of nitrogens with zero attached hydrogens (tertiary/aromatic N) is 4. The highest BCUT2D eigenvalue weighted by Gasteiger charge is 2.25. The molecular weight excluding hydrogens is 511 g/mol. The van der Waals surface area contributed by atoms with Gasteiger partial charge in [-0.2, -0.15) is 0 Å². The zero-order chi connectivity index (χ0) is 21.3. The second-order valence-corrected chi connectivity index (χ2v) is 8.72. The SMILES string of the molecule is CN=C(NCC1CCCN1Cc1ccccc1)NC1CCN(Cc2ccccn2)CC1.I. The maximum absolute atomic E-state index is 4.49. The van der Waals surface area contributed by atoms with Crippen molar-refractivity contribution in [1.29, 1.82) is 0 Å². The number of hydrogen-bond acceptors (Lipinski definition) is 4. The lowest BCUT2D eigenvalue weighted by Gasteiger charge is -2.33. The second-order valence-electron chi connectivity index (χ2n) is 8.72. The van der Waals surface area contributed by atoms with Crippen LogP contribution in [-0.4, -0.2) is 66.1 Å². The van der Waals surface area contributed by atoms with Crippen molar-refractivity contribution in [2.75, 3.05) is 33.2 Å². The number of pyridine rings is 1. The summed E-state index contributed by atoms with van der Waals surface area (Å²) in [4.78, 5) is 14.0. The molecule has 1 aromatic carbocycles. The lowest BCUT2D eigenvalue weighted by Crippen LogP contribution is -2.50. The van der Waals surface area contributed by atoms with E-state index in [-0.39, 0.29) is 24.0 Å². The van der Waals surface area contributed by atoms with E-state index in [1.807, 2.05) is 19.3 Å². The van der Waals surface area contributed by atoms with E-state index in [0.29, 0.717) is 12.1 Å². The van der Waals surface area contributed by atoms with Gasteiger partial charge in [0.05, 0.1) is 5.69 Å². The third kappa shape index (κ3) is 7.42. The fourth-order valence-electron chi connectivity index (χ4n) is 4.71. The van der Waals surface area contributed by atoms with E-state index in [1.165, 1.54) is 24.9 Å². The summed E-state index contributed by atoms with van der Waals surface area (Å²) in [5.74, 6) is 0.940. The molecule has 2 aliphatic heterocycles. The fraction of sp³-hybridized carbons (Fsp3) is 0.520. The zero-order valence-corrected chi connectivity index (χ0v) is 21.4. The van der Waals surface area contributed by atoms with Gasteiger partial charge in [-0.3, -0.25) is 19.8 Å². The maximum Gasteiger partial charge on any atom is 0.191 e. The summed E-state index contributed by atoms with van der Waals surface area (Å²) >= 11 is 0. The summed E-state index contributed by atoms with van der Waals surface area (Å²) in [5, 5.41) is 7.26. The number of benzene rings is 1. The molecule has 2 saturated heterocycles. The van der Waals surface area contributed by atoms with E-state index in [9.17, 15) is 0 Å². The second kappa shape index (κ2) is 13.1. The van der Waals surface area contributed by atoms with Crippen LogP contribution >= 0.6 is 24.0 Å². The maximum atomic E-state index is 4.49. The number of likely N-dealkylation sites (tertiary alicyclic amines) is 2. The molecule has 0 bridgehead atoms. The highest BCUT2D eigenvalue weighted by Crippen LogP contribution is 2.19. The van der Waals surface area contributed by atoms with Gasteiger partial charge in [-0.25, -0.2) is 0 Å². The molecule has 2 N–H and O–H groups in total. The van der Waals surface area contributed by atoms with Crippen LogP contribution in [0.2, 0.25) is 0 Å². The number of guanidine groups is 1. The Labute approximate surface area is 209 Å². The summed E-state index contributed by atoms with van der Waals surface area (Å²) in [6.45, 7) is 6.30. The predicted octanol–water partition coefficient (Wildman–Crippen LogP) is 3.49. The summed E-state index contributed by atoms with van der Waals surface area (Å²) in [6, 6.07) is 18.0. The average Bonchev–Trinajstić information content (AvgIpc) is 3.26. The molecule has 0 radical (unpaired) electrons. The number of hydrogen-bond donors (Lipinski definition) is 2. The number of rotatable bonds is 7. The number of nitrogens with one attached hydrogen (secondary N) is 2. The summed E-state index contributed by atoms with van der Waals surface area (Å²) in [5.41, 5.74) is 2.55. The van der Waals surface area contributed by atoms with Crippen molar-refractivity contribution in [2.24, 2.45) is 4.99 Å². The molecule has 0 amide bonds. The van der Waals surface area contributed by atoms with Gasteiger partial charge in [0.25, 0.3) is 0 Å². The Morgan fingerprint density at radius 1 is 1.00 bits per heavy atom. The Morgan fingerprint density at radius 2 is 1.78 bits per heavy atom. The van der Waals surface area contributed by atoms with E-state index in [0.717, 1.165) is 57.2 Å². The van der Waals surface area contributed by atoms with Gasteiger partial charge in [0.15, 0.2) is 5.96 Å². The fourth-order valence-corrected chi connectivity index (χ4v) is 4.71. The van der Waals surface area contributed by atoms with Gasteiger partial charge in [0.2, 0.25) is 0 Å². The van der Waals surface area contributed by atoms with E-state index in [4.69, 9.17) is 0 Å². The first-order chi connectivity index (χ1) is 15.3. The van der Waals surface area contributed by atoms with Crippen molar-refractivity contribution >= 4 is 29.9 Å². The molecule has 1 atom stereocenters. The summed E-state index contributed by atoms with van der Waals surface area (Å²) in [7, 11) is 1.88. The van der Waals surface area contributed by atoms with Crippen molar-refractivity contribution in [3.8, 4) is 0 Å². The van der Waals surface area contributed by atoms with Crippen LogP contribution in [0.25, 0.3) is 0 Å². The van der Waals surface area contributed by atoms with Crippen molar-refractivity contribution in [1.82, 2.24) is 25.4 Å². The summed E-state index contributed by atoms with van der Waals surface area (Å²) < 4.78 is 0. The van der Waals surface area contributed by atoms with Crippen LogP contribution in [0.1, 0.15) is 36.9 Å². The molecule has 6 nitrogen and oxygen atoms in total. The number of aromatic nitrogens is 1. The molecule has 0 aliphatic carbocycles. The lowest BCUT2D eigenvalue weighted by atomic mass is 10.0. The van der Waals surface area contributed by atoms with Gasteiger partial charge in [-0.1, -0.05) is 36.4 Å². The highest BCUT2D eigenvalue weighted by atomic mass is 127. The van der Waals surface area contributed by atoms with Crippen molar-refractivity contribution in [3.05, 3.63) is 66.0 Å². The first-order valence-corrected chi connectivity index (χ1v) is 11.7. The van der Waals surface area contributed by atoms with Crippen molar-refractivity contribution < 1.29 is 0 Å². The minimum absolute atomic E-state index is 0. The molecule has 7 heteroatoms. The van der Waals surface area contributed by atoms with Gasteiger partial charge in [-0.15, -0.1) is 24.0 Å². The molecule has 32 heavy (non-hydrogen) atoms. The zero-order valence-electron chi connectivity index (χ0n) is 19.1. The van der Waals surface area contributed by atoms with Gasteiger partial charge in [0.1, 0.15) is 0 Å². The Morgan fingerprint density at radius 3 is 2.50 bits per heavy atom. The molecule has 2 fully saturated rings. The quantitative estimate of drug-likeness (QED) is 0.315. The standard InChI is InChI=1S/C25H36N6.HI/c1-26-25(28-18-24-11-7-15-31(24)19-21-8-3-2-4-9-21)29-22-12-16-30(17-13-22)20-23-10-5-6-14-27-23;/h2-6,8-10,14,22,24H,7,11-13,15-20H2,1H3,(H2,26,28,29);1H. The molecule has 1 aromatic heterocycles. The Bertz CT molecular complexity index is 808. The van der Waals surface area contributed by atoms with Crippen LogP contribution < -0.4 is 10.6 Å². The lowest BCUT2D eigenvalue weighted by molar-refractivity contribution is 0.196. The van der Waals surface area contributed by atoms with E-state index in [1.54, 1.807) is 0 Å². The van der Waals surface area contributed by atoms with Crippen LogP contribution in [0.5, 0.6) is 0 Å². The van der Waals surface area contributed by atoms with Gasteiger partial charge in [-0.05, 0) is 49.9 Å². The molecule has 0 spiro atoms. The van der Waals surface area contributed by atoms with Crippen LogP contribution in [0.15, 0.2) is 59.7 Å². The molecule has 3 heterocycles. The smallest absolute Gasteiger partial charge is 0.191 e. The molecular formula is C25H37IN6.